The van der Waals surface area contributed by atoms with Gasteiger partial charge >= 0.3 is 0 Å². The summed E-state index contributed by atoms with van der Waals surface area (Å²) in [5, 5.41) is 11.1. The largest absolute Gasteiger partial charge is 0.283 e. The molecule has 4 nitrogen and oxygen atoms in total. The maximum atomic E-state index is 13.3. The zero-order chi connectivity index (χ0) is 15.7. The maximum absolute atomic E-state index is 13.3. The number of hydrogen-bond donors (Lipinski definition) is 1. The number of halogens is 3. The van der Waals surface area contributed by atoms with Crippen molar-refractivity contribution < 1.29 is 13.2 Å². The summed E-state index contributed by atoms with van der Waals surface area (Å²) in [6, 6.07) is 5.56. The van der Waals surface area contributed by atoms with Crippen LogP contribution in [0.2, 0.25) is 0 Å². The average Bonchev–Trinajstić information content (AvgIpc) is 3.09. The van der Waals surface area contributed by atoms with Crippen molar-refractivity contribution in [1.82, 2.24) is 20.0 Å². The van der Waals surface area contributed by atoms with Crippen molar-refractivity contribution in [3.63, 3.8) is 0 Å². The molecule has 3 rings (SSSR count). The number of hydrogen-bond acceptors (Lipinski definition) is 2. The van der Waals surface area contributed by atoms with Crippen LogP contribution in [0.5, 0.6) is 0 Å². The molecule has 1 aromatic carbocycles. The number of benzene rings is 1. The quantitative estimate of drug-likeness (QED) is 0.799. The van der Waals surface area contributed by atoms with E-state index in [4.69, 9.17) is 0 Å². The van der Waals surface area contributed by atoms with E-state index in [9.17, 15) is 13.2 Å². The van der Waals surface area contributed by atoms with Gasteiger partial charge in [-0.15, -0.1) is 0 Å². The molecule has 22 heavy (non-hydrogen) atoms. The number of rotatable bonds is 4. The topological polar surface area (TPSA) is 46.5 Å². The molecule has 1 N–H and O–H groups in total. The molecule has 0 atom stereocenters. The van der Waals surface area contributed by atoms with Gasteiger partial charge in [-0.25, -0.2) is 13.2 Å². The van der Waals surface area contributed by atoms with Gasteiger partial charge in [0.25, 0.3) is 6.43 Å². The summed E-state index contributed by atoms with van der Waals surface area (Å²) < 4.78 is 40.5. The summed E-state index contributed by atoms with van der Waals surface area (Å²) in [5.41, 5.74) is 2.31. The molecule has 7 heteroatoms. The third-order valence-electron chi connectivity index (χ3n) is 3.28. The van der Waals surface area contributed by atoms with Crippen molar-refractivity contribution in [3.05, 3.63) is 59.4 Å². The van der Waals surface area contributed by atoms with E-state index in [0.29, 0.717) is 17.7 Å². The van der Waals surface area contributed by atoms with E-state index >= 15 is 0 Å². The predicted octanol–water partition coefficient (Wildman–Crippen LogP) is 3.71. The number of aromatic nitrogens is 4. The molecular weight excluding hydrogens is 293 g/mol. The lowest BCUT2D eigenvalue weighted by Crippen LogP contribution is -1.99. The molecule has 0 saturated carbocycles. The number of aromatic amines is 1. The second kappa shape index (κ2) is 5.67. The molecule has 0 aliphatic rings. The Balaban J connectivity index is 1.86. The van der Waals surface area contributed by atoms with Crippen LogP contribution in [0.1, 0.15) is 23.4 Å². The molecule has 2 aromatic heterocycles. The van der Waals surface area contributed by atoms with Crippen LogP contribution in [-0.2, 0) is 6.54 Å². The van der Waals surface area contributed by atoms with Gasteiger partial charge in [-0.3, -0.25) is 9.78 Å². The van der Waals surface area contributed by atoms with Crippen LogP contribution in [-0.4, -0.2) is 20.0 Å². The highest BCUT2D eigenvalue weighted by molar-refractivity contribution is 5.62. The van der Waals surface area contributed by atoms with Gasteiger partial charge in [-0.2, -0.15) is 10.2 Å². The van der Waals surface area contributed by atoms with Gasteiger partial charge in [-0.1, -0.05) is 6.07 Å². The van der Waals surface area contributed by atoms with E-state index in [1.807, 2.05) is 13.0 Å². The number of H-pyrrole nitrogens is 1. The highest BCUT2D eigenvalue weighted by Gasteiger charge is 2.15. The zero-order valence-corrected chi connectivity index (χ0v) is 11.7. The van der Waals surface area contributed by atoms with Crippen molar-refractivity contribution >= 4 is 0 Å². The normalized spacial score (nSPS) is 11.3. The smallest absolute Gasteiger partial charge is 0.266 e. The van der Waals surface area contributed by atoms with Gasteiger partial charge in [-0.05, 0) is 30.7 Å². The minimum atomic E-state index is -2.85. The Morgan fingerprint density at radius 3 is 2.73 bits per heavy atom. The molecule has 0 bridgehead atoms. The standard InChI is InChI=1S/C15H13F3N4/c1-9-4-12(21-20-9)8-22-7-11(6-19-22)10-2-3-14(16)13(5-10)15(17)18/h2-7,15H,8H2,1H3,(H,20,21). The van der Waals surface area contributed by atoms with E-state index in [0.717, 1.165) is 23.5 Å². The van der Waals surface area contributed by atoms with Crippen molar-refractivity contribution in [2.45, 2.75) is 19.9 Å². The second-order valence-electron chi connectivity index (χ2n) is 5.01. The Kier molecular flexibility index (Phi) is 3.70. The fourth-order valence-corrected chi connectivity index (χ4v) is 2.21. The van der Waals surface area contributed by atoms with E-state index < -0.39 is 17.8 Å². The summed E-state index contributed by atoms with van der Waals surface area (Å²) in [4.78, 5) is 0. The Bertz CT molecular complexity index is 792. The number of nitrogens with zero attached hydrogens (tertiary/aromatic N) is 3. The van der Waals surface area contributed by atoms with Crippen LogP contribution in [0.15, 0.2) is 36.7 Å². The minimum absolute atomic E-state index is 0.466. The fraction of sp³-hybridized carbons (Fsp3) is 0.200. The second-order valence-corrected chi connectivity index (χ2v) is 5.01. The summed E-state index contributed by atoms with van der Waals surface area (Å²) >= 11 is 0. The lowest BCUT2D eigenvalue weighted by Gasteiger charge is -2.04. The first-order valence-corrected chi connectivity index (χ1v) is 6.64. The highest BCUT2D eigenvalue weighted by atomic mass is 19.3. The molecule has 0 spiro atoms. The fourth-order valence-electron chi connectivity index (χ4n) is 2.21. The van der Waals surface area contributed by atoms with E-state index in [1.54, 1.807) is 17.1 Å². The summed E-state index contributed by atoms with van der Waals surface area (Å²) in [6.45, 7) is 2.36. The first-order valence-electron chi connectivity index (χ1n) is 6.64. The monoisotopic (exact) mass is 306 g/mol. The van der Waals surface area contributed by atoms with Gasteiger partial charge in [0.05, 0.1) is 24.0 Å². The van der Waals surface area contributed by atoms with E-state index in [1.165, 1.54) is 6.07 Å². The van der Waals surface area contributed by atoms with Crippen molar-refractivity contribution in [3.8, 4) is 11.1 Å². The van der Waals surface area contributed by atoms with Crippen LogP contribution in [0.3, 0.4) is 0 Å². The Morgan fingerprint density at radius 2 is 2.05 bits per heavy atom. The summed E-state index contributed by atoms with van der Waals surface area (Å²) in [6.07, 6.45) is 0.427. The molecular formula is C15H13F3N4. The van der Waals surface area contributed by atoms with Gasteiger partial charge in [0.2, 0.25) is 0 Å². The molecule has 0 unspecified atom stereocenters. The zero-order valence-electron chi connectivity index (χ0n) is 11.7. The van der Waals surface area contributed by atoms with Crippen LogP contribution in [0.25, 0.3) is 11.1 Å². The first-order chi connectivity index (χ1) is 10.5. The maximum Gasteiger partial charge on any atom is 0.266 e. The molecule has 0 aliphatic heterocycles. The lowest BCUT2D eigenvalue weighted by atomic mass is 10.1. The van der Waals surface area contributed by atoms with Gasteiger partial charge in [0.1, 0.15) is 5.82 Å². The Hall–Kier alpha value is -2.57. The number of nitrogens with one attached hydrogen (secondary N) is 1. The van der Waals surface area contributed by atoms with Crippen molar-refractivity contribution in [1.29, 1.82) is 0 Å². The predicted molar refractivity (Wildman–Crippen MR) is 75.0 cm³/mol. The molecule has 0 fully saturated rings. The van der Waals surface area contributed by atoms with E-state index in [-0.39, 0.29) is 0 Å². The van der Waals surface area contributed by atoms with Crippen LogP contribution in [0, 0.1) is 12.7 Å². The number of aryl methyl sites for hydroxylation is 1. The van der Waals surface area contributed by atoms with E-state index in [2.05, 4.69) is 15.3 Å². The van der Waals surface area contributed by atoms with Crippen LogP contribution in [0.4, 0.5) is 13.2 Å². The van der Waals surface area contributed by atoms with Crippen LogP contribution < -0.4 is 0 Å². The van der Waals surface area contributed by atoms with Gasteiger partial charge < -0.3 is 0 Å². The molecule has 3 aromatic rings. The molecule has 114 valence electrons. The first kappa shape index (κ1) is 14.4. The average molecular weight is 306 g/mol. The van der Waals surface area contributed by atoms with Crippen LogP contribution >= 0.6 is 0 Å². The highest BCUT2D eigenvalue weighted by Crippen LogP contribution is 2.27. The van der Waals surface area contributed by atoms with Gasteiger partial charge in [0, 0.05) is 17.5 Å². The molecule has 0 radical (unpaired) electrons. The minimum Gasteiger partial charge on any atom is -0.283 e. The molecule has 0 amide bonds. The molecule has 2 heterocycles. The Morgan fingerprint density at radius 1 is 1.23 bits per heavy atom. The SMILES string of the molecule is Cc1cc(Cn2cc(-c3ccc(F)c(C(F)F)c3)cn2)n[nH]1. The summed E-state index contributed by atoms with van der Waals surface area (Å²) in [5.74, 6) is -0.905. The molecule has 0 aliphatic carbocycles. The van der Waals surface area contributed by atoms with Crippen molar-refractivity contribution in [2.75, 3.05) is 0 Å². The third kappa shape index (κ3) is 2.88. The third-order valence-corrected chi connectivity index (χ3v) is 3.28. The van der Waals surface area contributed by atoms with Gasteiger partial charge in [0.15, 0.2) is 0 Å². The molecule has 0 saturated heterocycles. The lowest BCUT2D eigenvalue weighted by molar-refractivity contribution is 0.146. The number of alkyl halides is 2. The summed E-state index contributed by atoms with van der Waals surface area (Å²) in [7, 11) is 0. The Labute approximate surface area is 124 Å². The van der Waals surface area contributed by atoms with Crippen molar-refractivity contribution in [2.24, 2.45) is 0 Å².